The minimum Gasteiger partial charge on any atom is -0.465 e. The van der Waals surface area contributed by atoms with Crippen molar-refractivity contribution in [3.05, 3.63) is 103 Å². The second-order valence-electron chi connectivity index (χ2n) is 5.99. The molecular weight excluding hydrogens is 334 g/mol. The standard InChI is InChI=1S/C24H23NO2/c1-2-12-20(19-26-22-15-8-4-9-16-22)24(25-21-13-6-3-7-14-21)27-23-17-10-5-11-18-23/h3-11,13-19H,2,12H2,1H3/b20-19+,25-24?. The predicted octanol–water partition coefficient (Wildman–Crippen LogP) is 6.56. The van der Waals surface area contributed by atoms with Crippen LogP contribution in [0.5, 0.6) is 11.5 Å². The van der Waals surface area contributed by atoms with E-state index in [1.54, 1.807) is 6.26 Å². The molecule has 3 aromatic rings. The first-order chi connectivity index (χ1) is 13.3. The van der Waals surface area contributed by atoms with E-state index in [4.69, 9.17) is 14.5 Å². The molecule has 3 rings (SSSR count). The molecule has 3 aromatic carbocycles. The molecule has 0 heterocycles. The molecule has 0 unspecified atom stereocenters. The second-order valence-corrected chi connectivity index (χ2v) is 5.99. The van der Waals surface area contributed by atoms with E-state index in [1.165, 1.54) is 0 Å². The van der Waals surface area contributed by atoms with Gasteiger partial charge < -0.3 is 9.47 Å². The summed E-state index contributed by atoms with van der Waals surface area (Å²) in [4.78, 5) is 4.73. The maximum Gasteiger partial charge on any atom is 0.226 e. The summed E-state index contributed by atoms with van der Waals surface area (Å²) in [5.74, 6) is 2.07. The highest BCUT2D eigenvalue weighted by atomic mass is 16.5. The van der Waals surface area contributed by atoms with Gasteiger partial charge in [0.05, 0.1) is 11.9 Å². The highest BCUT2D eigenvalue weighted by Crippen LogP contribution is 2.20. The van der Waals surface area contributed by atoms with E-state index in [0.29, 0.717) is 5.90 Å². The highest BCUT2D eigenvalue weighted by molar-refractivity contribution is 5.96. The molecule has 3 heteroatoms. The van der Waals surface area contributed by atoms with Crippen molar-refractivity contribution in [2.45, 2.75) is 19.8 Å². The quantitative estimate of drug-likeness (QED) is 0.272. The zero-order valence-corrected chi connectivity index (χ0v) is 15.4. The molecule has 0 bridgehead atoms. The van der Waals surface area contributed by atoms with Gasteiger partial charge in [-0.15, -0.1) is 0 Å². The molecule has 3 nitrogen and oxygen atoms in total. The summed E-state index contributed by atoms with van der Waals surface area (Å²) in [6, 6.07) is 29.2. The number of hydrogen-bond acceptors (Lipinski definition) is 3. The molecule has 0 saturated carbocycles. The van der Waals surface area contributed by atoms with Crippen LogP contribution >= 0.6 is 0 Å². The Bertz CT molecular complexity index is 872. The van der Waals surface area contributed by atoms with Gasteiger partial charge in [-0.3, -0.25) is 0 Å². The average Bonchev–Trinajstić information content (AvgIpc) is 2.73. The maximum atomic E-state index is 6.12. The van der Waals surface area contributed by atoms with E-state index in [0.717, 1.165) is 35.6 Å². The Kier molecular flexibility index (Phi) is 6.82. The third-order valence-electron chi connectivity index (χ3n) is 3.82. The van der Waals surface area contributed by atoms with Gasteiger partial charge in [-0.1, -0.05) is 67.9 Å². The second kappa shape index (κ2) is 9.97. The fraction of sp³-hybridized carbons (Fsp3) is 0.125. The molecule has 0 amide bonds. The largest absolute Gasteiger partial charge is 0.465 e. The smallest absolute Gasteiger partial charge is 0.226 e. The van der Waals surface area contributed by atoms with Crippen molar-refractivity contribution in [2.24, 2.45) is 4.99 Å². The van der Waals surface area contributed by atoms with Crippen LogP contribution in [-0.2, 0) is 0 Å². The third kappa shape index (κ3) is 5.86. The maximum absolute atomic E-state index is 6.12. The SMILES string of the molecule is CCC/C(=C\Oc1ccccc1)C(=Nc1ccccc1)Oc1ccccc1. The summed E-state index contributed by atoms with van der Waals surface area (Å²) >= 11 is 0. The summed E-state index contributed by atoms with van der Waals surface area (Å²) in [5.41, 5.74) is 1.75. The van der Waals surface area contributed by atoms with Crippen LogP contribution < -0.4 is 9.47 Å². The van der Waals surface area contributed by atoms with Crippen LogP contribution in [0, 0.1) is 0 Å². The number of para-hydroxylation sites is 3. The van der Waals surface area contributed by atoms with Crippen molar-refractivity contribution in [3.8, 4) is 11.5 Å². The van der Waals surface area contributed by atoms with Crippen molar-refractivity contribution >= 4 is 11.6 Å². The van der Waals surface area contributed by atoms with Crippen LogP contribution in [0.15, 0.2) is 108 Å². The van der Waals surface area contributed by atoms with E-state index in [9.17, 15) is 0 Å². The number of hydrogen-bond donors (Lipinski definition) is 0. The molecule has 0 radical (unpaired) electrons. The van der Waals surface area contributed by atoms with Crippen molar-refractivity contribution in [3.63, 3.8) is 0 Å². The molecule has 136 valence electrons. The Hall–Kier alpha value is -3.33. The Morgan fingerprint density at radius 3 is 1.93 bits per heavy atom. The van der Waals surface area contributed by atoms with Gasteiger partial charge in [0.1, 0.15) is 11.5 Å². The first-order valence-corrected chi connectivity index (χ1v) is 9.13. The van der Waals surface area contributed by atoms with Gasteiger partial charge in [-0.25, -0.2) is 4.99 Å². The lowest BCUT2D eigenvalue weighted by molar-refractivity contribution is 0.470. The minimum absolute atomic E-state index is 0.546. The number of ether oxygens (including phenoxy) is 2. The molecule has 0 N–H and O–H groups in total. The van der Waals surface area contributed by atoms with Gasteiger partial charge in [-0.2, -0.15) is 0 Å². The zero-order chi connectivity index (χ0) is 18.7. The molecule has 0 saturated heterocycles. The first-order valence-electron chi connectivity index (χ1n) is 9.13. The van der Waals surface area contributed by atoms with Crippen LogP contribution in [0.1, 0.15) is 19.8 Å². The summed E-state index contributed by atoms with van der Waals surface area (Å²) in [5, 5.41) is 0. The summed E-state index contributed by atoms with van der Waals surface area (Å²) in [7, 11) is 0. The fourth-order valence-electron chi connectivity index (χ4n) is 2.50. The van der Waals surface area contributed by atoms with E-state index >= 15 is 0 Å². The first kappa shape index (κ1) is 18.5. The minimum atomic E-state index is 0.546. The molecule has 0 aliphatic carbocycles. The summed E-state index contributed by atoms with van der Waals surface area (Å²) in [6.07, 6.45) is 3.49. The number of rotatable bonds is 7. The van der Waals surface area contributed by atoms with E-state index in [1.807, 2.05) is 91.0 Å². The summed E-state index contributed by atoms with van der Waals surface area (Å²) in [6.45, 7) is 2.12. The average molecular weight is 357 g/mol. The van der Waals surface area contributed by atoms with Crippen LogP contribution in [-0.4, -0.2) is 5.90 Å². The molecule has 27 heavy (non-hydrogen) atoms. The van der Waals surface area contributed by atoms with Gasteiger partial charge in [0.2, 0.25) is 5.90 Å². The van der Waals surface area contributed by atoms with E-state index in [-0.39, 0.29) is 0 Å². The molecular formula is C24H23NO2. The molecule has 0 spiro atoms. The number of nitrogens with zero attached hydrogens (tertiary/aromatic N) is 1. The van der Waals surface area contributed by atoms with Crippen LogP contribution in [0.2, 0.25) is 0 Å². The van der Waals surface area contributed by atoms with Gasteiger partial charge in [-0.05, 0) is 42.8 Å². The highest BCUT2D eigenvalue weighted by Gasteiger charge is 2.11. The summed E-state index contributed by atoms with van der Waals surface area (Å²) < 4.78 is 12.0. The Morgan fingerprint density at radius 2 is 1.33 bits per heavy atom. The lowest BCUT2D eigenvalue weighted by Crippen LogP contribution is -2.13. The Balaban J connectivity index is 1.93. The molecule has 0 atom stereocenters. The molecule has 0 aliphatic rings. The monoisotopic (exact) mass is 357 g/mol. The lowest BCUT2D eigenvalue weighted by atomic mass is 10.1. The lowest BCUT2D eigenvalue weighted by Gasteiger charge is -2.13. The van der Waals surface area contributed by atoms with Crippen molar-refractivity contribution in [1.82, 2.24) is 0 Å². The van der Waals surface area contributed by atoms with Gasteiger partial charge in [0.15, 0.2) is 0 Å². The van der Waals surface area contributed by atoms with Crippen LogP contribution in [0.25, 0.3) is 0 Å². The van der Waals surface area contributed by atoms with Gasteiger partial charge in [0, 0.05) is 5.57 Å². The van der Waals surface area contributed by atoms with Crippen LogP contribution in [0.4, 0.5) is 5.69 Å². The van der Waals surface area contributed by atoms with Crippen LogP contribution in [0.3, 0.4) is 0 Å². The number of aliphatic imine (C=N–C) groups is 1. The topological polar surface area (TPSA) is 30.8 Å². The molecule has 0 aromatic heterocycles. The zero-order valence-electron chi connectivity index (χ0n) is 15.4. The van der Waals surface area contributed by atoms with E-state index in [2.05, 4.69) is 6.92 Å². The van der Waals surface area contributed by atoms with Gasteiger partial charge in [0.25, 0.3) is 0 Å². The predicted molar refractivity (Wildman–Crippen MR) is 111 cm³/mol. The van der Waals surface area contributed by atoms with Crippen molar-refractivity contribution < 1.29 is 9.47 Å². The Morgan fingerprint density at radius 1 is 0.778 bits per heavy atom. The van der Waals surface area contributed by atoms with E-state index < -0.39 is 0 Å². The number of benzene rings is 3. The van der Waals surface area contributed by atoms with Crippen molar-refractivity contribution in [1.29, 1.82) is 0 Å². The molecule has 0 aliphatic heterocycles. The Labute approximate surface area is 160 Å². The van der Waals surface area contributed by atoms with Gasteiger partial charge >= 0.3 is 0 Å². The molecule has 0 fully saturated rings. The van der Waals surface area contributed by atoms with Crippen molar-refractivity contribution in [2.75, 3.05) is 0 Å². The third-order valence-corrected chi connectivity index (χ3v) is 3.82. The fourth-order valence-corrected chi connectivity index (χ4v) is 2.50. The normalized spacial score (nSPS) is 11.9.